The molecule has 1 saturated heterocycles. The lowest BCUT2D eigenvalue weighted by Crippen LogP contribution is -2.44. The van der Waals surface area contributed by atoms with E-state index in [4.69, 9.17) is 0 Å². The van der Waals surface area contributed by atoms with Gasteiger partial charge in [0.15, 0.2) is 0 Å². The van der Waals surface area contributed by atoms with Crippen molar-refractivity contribution in [2.75, 3.05) is 36.0 Å². The molecular formula is C24H29N3O2. The number of carbonyl (C=O) groups excluding carboxylic acids is 2. The third-order valence-electron chi connectivity index (χ3n) is 6.04. The van der Waals surface area contributed by atoms with E-state index in [2.05, 4.69) is 29.2 Å². The smallest absolute Gasteiger partial charge is 0.242 e. The molecule has 0 saturated carbocycles. The Balaban J connectivity index is 1.44. The number of anilines is 2. The zero-order chi connectivity index (χ0) is 20.2. The van der Waals surface area contributed by atoms with Crippen LogP contribution in [-0.2, 0) is 22.6 Å². The van der Waals surface area contributed by atoms with Crippen molar-refractivity contribution in [2.24, 2.45) is 0 Å². The number of nitrogens with zero attached hydrogens (tertiary/aromatic N) is 3. The molecule has 0 unspecified atom stereocenters. The summed E-state index contributed by atoms with van der Waals surface area (Å²) in [6.45, 7) is 5.11. The molecule has 2 amide bonds. The van der Waals surface area contributed by atoms with Gasteiger partial charge < -0.3 is 14.7 Å². The van der Waals surface area contributed by atoms with Gasteiger partial charge >= 0.3 is 0 Å². The minimum absolute atomic E-state index is 0.00481. The van der Waals surface area contributed by atoms with Crippen LogP contribution in [0.15, 0.2) is 48.5 Å². The van der Waals surface area contributed by atoms with E-state index >= 15 is 0 Å². The van der Waals surface area contributed by atoms with Gasteiger partial charge in [0.2, 0.25) is 11.8 Å². The maximum absolute atomic E-state index is 12.9. The number of carbonyl (C=O) groups is 2. The predicted octanol–water partition coefficient (Wildman–Crippen LogP) is 3.61. The predicted molar refractivity (Wildman–Crippen MR) is 116 cm³/mol. The van der Waals surface area contributed by atoms with Crippen LogP contribution in [0.1, 0.15) is 37.3 Å². The van der Waals surface area contributed by atoms with E-state index < -0.39 is 0 Å². The Labute approximate surface area is 172 Å². The molecule has 4 rings (SSSR count). The lowest BCUT2D eigenvalue weighted by atomic mass is 10.00. The second-order valence-corrected chi connectivity index (χ2v) is 8.00. The summed E-state index contributed by atoms with van der Waals surface area (Å²) in [5.74, 6) is -0.115. The number of hydrogen-bond donors (Lipinski definition) is 0. The largest absolute Gasteiger partial charge is 0.372 e. The molecule has 0 N–H and O–H groups in total. The van der Waals surface area contributed by atoms with Gasteiger partial charge in [-0.25, -0.2) is 0 Å². The molecule has 2 aromatic rings. The third kappa shape index (κ3) is 4.44. The topological polar surface area (TPSA) is 43.9 Å². The van der Waals surface area contributed by atoms with Crippen LogP contribution >= 0.6 is 0 Å². The lowest BCUT2D eigenvalue weighted by molar-refractivity contribution is -0.132. The molecule has 5 heteroatoms. The number of amides is 2. The standard InChI is InChI=1S/C24H29N3O2/c1-19(28)27(23-11-9-22(10-12-23)25-14-5-2-6-15-25)18-24(29)26-16-13-20-7-3-4-8-21(20)17-26/h3-4,7-12H,2,5-6,13-18H2,1H3. The summed E-state index contributed by atoms with van der Waals surface area (Å²) >= 11 is 0. The van der Waals surface area contributed by atoms with Crippen molar-refractivity contribution >= 4 is 23.2 Å². The molecule has 2 heterocycles. The van der Waals surface area contributed by atoms with Crippen LogP contribution in [0.4, 0.5) is 11.4 Å². The molecule has 2 aromatic carbocycles. The van der Waals surface area contributed by atoms with Gasteiger partial charge in [-0.05, 0) is 61.1 Å². The van der Waals surface area contributed by atoms with Crippen molar-refractivity contribution in [3.8, 4) is 0 Å². The first-order valence-electron chi connectivity index (χ1n) is 10.6. The molecular weight excluding hydrogens is 362 g/mol. The van der Waals surface area contributed by atoms with Crippen LogP contribution in [0, 0.1) is 0 Å². The Hall–Kier alpha value is -2.82. The van der Waals surface area contributed by atoms with Crippen LogP contribution in [-0.4, -0.2) is 42.9 Å². The van der Waals surface area contributed by atoms with Crippen LogP contribution < -0.4 is 9.80 Å². The molecule has 152 valence electrons. The van der Waals surface area contributed by atoms with Gasteiger partial charge in [0.1, 0.15) is 6.54 Å². The van der Waals surface area contributed by atoms with E-state index in [1.807, 2.05) is 29.2 Å². The monoisotopic (exact) mass is 391 g/mol. The number of fused-ring (bicyclic) bond motifs is 1. The highest BCUT2D eigenvalue weighted by Crippen LogP contribution is 2.24. The Kier molecular flexibility index (Phi) is 5.84. The highest BCUT2D eigenvalue weighted by atomic mass is 16.2. The fourth-order valence-electron chi connectivity index (χ4n) is 4.32. The van der Waals surface area contributed by atoms with Gasteiger partial charge in [-0.2, -0.15) is 0 Å². The summed E-state index contributed by atoms with van der Waals surface area (Å²) in [6.07, 6.45) is 4.63. The van der Waals surface area contributed by atoms with Crippen LogP contribution in [0.25, 0.3) is 0 Å². The molecule has 0 bridgehead atoms. The maximum Gasteiger partial charge on any atom is 0.242 e. The second kappa shape index (κ2) is 8.68. The Morgan fingerprint density at radius 2 is 1.59 bits per heavy atom. The van der Waals surface area contributed by atoms with Crippen LogP contribution in [0.2, 0.25) is 0 Å². The molecule has 0 atom stereocenters. The number of benzene rings is 2. The van der Waals surface area contributed by atoms with E-state index in [-0.39, 0.29) is 18.4 Å². The van der Waals surface area contributed by atoms with Crippen molar-refractivity contribution in [3.05, 3.63) is 59.7 Å². The molecule has 2 aliphatic rings. The third-order valence-corrected chi connectivity index (χ3v) is 6.04. The SMILES string of the molecule is CC(=O)N(CC(=O)N1CCc2ccccc2C1)c1ccc(N2CCCCC2)cc1. The van der Waals surface area contributed by atoms with Gasteiger partial charge in [0.05, 0.1) is 0 Å². The normalized spacial score (nSPS) is 16.3. The van der Waals surface area contributed by atoms with E-state index in [9.17, 15) is 9.59 Å². The number of piperidine rings is 1. The number of hydrogen-bond acceptors (Lipinski definition) is 3. The van der Waals surface area contributed by atoms with Crippen LogP contribution in [0.5, 0.6) is 0 Å². The maximum atomic E-state index is 12.9. The van der Waals surface area contributed by atoms with Crippen LogP contribution in [0.3, 0.4) is 0 Å². The average molecular weight is 392 g/mol. The summed E-state index contributed by atoms with van der Waals surface area (Å²) in [4.78, 5) is 31.1. The summed E-state index contributed by atoms with van der Waals surface area (Å²) in [6, 6.07) is 16.3. The zero-order valence-corrected chi connectivity index (χ0v) is 17.1. The van der Waals surface area contributed by atoms with Gasteiger partial charge in [-0.3, -0.25) is 9.59 Å². The van der Waals surface area contributed by atoms with Gasteiger partial charge in [0, 0.05) is 44.5 Å². The summed E-state index contributed by atoms with van der Waals surface area (Å²) < 4.78 is 0. The van der Waals surface area contributed by atoms with Gasteiger partial charge in [-0.15, -0.1) is 0 Å². The zero-order valence-electron chi connectivity index (χ0n) is 17.1. The highest BCUT2D eigenvalue weighted by Gasteiger charge is 2.24. The van der Waals surface area contributed by atoms with Crippen molar-refractivity contribution < 1.29 is 9.59 Å². The molecule has 0 spiro atoms. The highest BCUT2D eigenvalue weighted by molar-refractivity contribution is 5.97. The molecule has 1 fully saturated rings. The first-order valence-corrected chi connectivity index (χ1v) is 10.6. The molecule has 0 aromatic heterocycles. The van der Waals surface area contributed by atoms with Gasteiger partial charge in [0.25, 0.3) is 0 Å². The fraction of sp³-hybridized carbons (Fsp3) is 0.417. The minimum atomic E-state index is -0.110. The van der Waals surface area contributed by atoms with Crippen molar-refractivity contribution in [3.63, 3.8) is 0 Å². The van der Waals surface area contributed by atoms with Gasteiger partial charge in [-0.1, -0.05) is 24.3 Å². The minimum Gasteiger partial charge on any atom is -0.372 e. The summed E-state index contributed by atoms with van der Waals surface area (Å²) in [7, 11) is 0. The Bertz CT molecular complexity index is 872. The molecule has 0 aliphatic carbocycles. The molecule has 29 heavy (non-hydrogen) atoms. The van der Waals surface area contributed by atoms with E-state index in [1.54, 1.807) is 4.90 Å². The summed E-state index contributed by atoms with van der Waals surface area (Å²) in [5, 5.41) is 0. The van der Waals surface area contributed by atoms with E-state index in [0.29, 0.717) is 13.1 Å². The molecule has 5 nitrogen and oxygen atoms in total. The summed E-state index contributed by atoms with van der Waals surface area (Å²) in [5.41, 5.74) is 4.49. The first kappa shape index (κ1) is 19.5. The fourth-order valence-corrected chi connectivity index (χ4v) is 4.32. The molecule has 2 aliphatic heterocycles. The second-order valence-electron chi connectivity index (χ2n) is 8.00. The van der Waals surface area contributed by atoms with E-state index in [0.717, 1.165) is 25.2 Å². The Morgan fingerprint density at radius 3 is 2.28 bits per heavy atom. The quantitative estimate of drug-likeness (QED) is 0.800. The number of rotatable bonds is 4. The van der Waals surface area contributed by atoms with Crippen molar-refractivity contribution in [1.82, 2.24) is 4.90 Å². The van der Waals surface area contributed by atoms with Crippen molar-refractivity contribution in [2.45, 2.75) is 39.2 Å². The molecule has 0 radical (unpaired) electrons. The average Bonchev–Trinajstić information content (AvgIpc) is 2.77. The van der Waals surface area contributed by atoms with Crippen molar-refractivity contribution in [1.29, 1.82) is 0 Å². The Morgan fingerprint density at radius 1 is 0.897 bits per heavy atom. The first-order chi connectivity index (χ1) is 14.1. The van der Waals surface area contributed by atoms with E-state index in [1.165, 1.54) is 43.0 Å². The lowest BCUT2D eigenvalue weighted by Gasteiger charge is -2.31.